The summed E-state index contributed by atoms with van der Waals surface area (Å²) in [4.78, 5) is 21.3. The minimum absolute atomic E-state index is 0.0138. The molecule has 0 aromatic carbocycles. The van der Waals surface area contributed by atoms with Gasteiger partial charge in [-0.05, 0) is 32.4 Å². The van der Waals surface area contributed by atoms with E-state index in [1.54, 1.807) is 13.1 Å². The molecule has 2 atom stereocenters. The molecule has 5 nitrogen and oxygen atoms in total. The number of fused-ring (bicyclic) bond motifs is 2. The van der Waals surface area contributed by atoms with Crippen LogP contribution >= 0.6 is 11.6 Å². The van der Waals surface area contributed by atoms with Crippen LogP contribution in [0, 0.1) is 0 Å². The van der Waals surface area contributed by atoms with Crippen molar-refractivity contribution >= 4 is 23.3 Å². The van der Waals surface area contributed by atoms with E-state index in [2.05, 4.69) is 22.2 Å². The Morgan fingerprint density at radius 1 is 1.38 bits per heavy atom. The Balaban J connectivity index is 1.82. The molecule has 2 aliphatic rings. The molecule has 1 N–H and O–H groups in total. The van der Waals surface area contributed by atoms with Crippen molar-refractivity contribution in [3.05, 3.63) is 22.8 Å². The number of likely N-dealkylation sites (tertiary alicyclic amines) is 1. The quantitative estimate of drug-likeness (QED) is 0.909. The average molecular weight is 309 g/mol. The Kier molecular flexibility index (Phi) is 4.04. The van der Waals surface area contributed by atoms with E-state index < -0.39 is 0 Å². The molecule has 0 saturated carbocycles. The molecule has 2 saturated heterocycles. The number of likely N-dealkylation sites (N-methyl/N-ethyl adjacent to an activating group) is 1. The molecule has 0 radical (unpaired) electrons. The molecule has 3 heterocycles. The molecule has 3 rings (SSSR count). The lowest BCUT2D eigenvalue weighted by Gasteiger charge is -2.26. The standard InChI is InChI=1S/C15H21ClN4O/c1-17-14-7-12(13(16)8-18-14)15(21)20-6-5-10-3-4-11(9-20)19(10)2/h7-8,10-11H,3-6,9H2,1-2H3,(H,17,18). The number of hydrogen-bond donors (Lipinski definition) is 1. The second kappa shape index (κ2) is 5.81. The summed E-state index contributed by atoms with van der Waals surface area (Å²) in [5.41, 5.74) is 0.538. The van der Waals surface area contributed by atoms with E-state index in [4.69, 9.17) is 11.6 Å². The van der Waals surface area contributed by atoms with E-state index in [-0.39, 0.29) is 5.91 Å². The third-order valence-electron chi connectivity index (χ3n) is 4.78. The zero-order valence-electron chi connectivity index (χ0n) is 12.5. The lowest BCUT2D eigenvalue weighted by molar-refractivity contribution is 0.0740. The van der Waals surface area contributed by atoms with Gasteiger partial charge in [-0.1, -0.05) is 11.6 Å². The van der Waals surface area contributed by atoms with Gasteiger partial charge in [-0.2, -0.15) is 0 Å². The van der Waals surface area contributed by atoms with Crippen molar-refractivity contribution in [2.45, 2.75) is 31.3 Å². The summed E-state index contributed by atoms with van der Waals surface area (Å²) in [6, 6.07) is 2.83. The first kappa shape index (κ1) is 14.6. The van der Waals surface area contributed by atoms with Crippen molar-refractivity contribution in [1.29, 1.82) is 0 Å². The summed E-state index contributed by atoms with van der Waals surface area (Å²) in [6.07, 6.45) is 5.01. The van der Waals surface area contributed by atoms with E-state index in [0.717, 1.165) is 19.5 Å². The van der Waals surface area contributed by atoms with Gasteiger partial charge in [-0.25, -0.2) is 4.98 Å². The predicted molar refractivity (Wildman–Crippen MR) is 83.9 cm³/mol. The van der Waals surface area contributed by atoms with E-state index in [1.807, 2.05) is 4.90 Å². The summed E-state index contributed by atoms with van der Waals surface area (Å²) >= 11 is 6.17. The molecule has 21 heavy (non-hydrogen) atoms. The third kappa shape index (κ3) is 2.72. The van der Waals surface area contributed by atoms with E-state index in [9.17, 15) is 4.79 Å². The maximum Gasteiger partial charge on any atom is 0.255 e. The largest absolute Gasteiger partial charge is 0.373 e. The molecule has 2 aliphatic heterocycles. The van der Waals surface area contributed by atoms with Crippen LogP contribution in [0.25, 0.3) is 0 Å². The Morgan fingerprint density at radius 3 is 2.90 bits per heavy atom. The van der Waals surface area contributed by atoms with Gasteiger partial charge in [0, 0.05) is 38.4 Å². The molecule has 6 heteroatoms. The lowest BCUT2D eigenvalue weighted by Crippen LogP contribution is -2.39. The van der Waals surface area contributed by atoms with Gasteiger partial charge in [0.05, 0.1) is 10.6 Å². The molecular formula is C15H21ClN4O. The van der Waals surface area contributed by atoms with Gasteiger partial charge in [0.25, 0.3) is 5.91 Å². The fourth-order valence-corrected chi connectivity index (χ4v) is 3.59. The highest BCUT2D eigenvalue weighted by Gasteiger charge is 2.36. The molecular weight excluding hydrogens is 288 g/mol. The molecule has 0 spiro atoms. The van der Waals surface area contributed by atoms with Crippen LogP contribution in [0.1, 0.15) is 29.6 Å². The summed E-state index contributed by atoms with van der Waals surface area (Å²) in [6.45, 7) is 1.59. The predicted octanol–water partition coefficient (Wildman–Crippen LogP) is 2.09. The number of anilines is 1. The highest BCUT2D eigenvalue weighted by Crippen LogP contribution is 2.30. The van der Waals surface area contributed by atoms with Crippen LogP contribution < -0.4 is 5.32 Å². The smallest absolute Gasteiger partial charge is 0.255 e. The van der Waals surface area contributed by atoms with Gasteiger partial charge in [-0.15, -0.1) is 0 Å². The maximum absolute atomic E-state index is 12.8. The number of pyridine rings is 1. The van der Waals surface area contributed by atoms with Crippen molar-refractivity contribution in [2.24, 2.45) is 0 Å². The van der Waals surface area contributed by atoms with E-state index >= 15 is 0 Å². The number of nitrogens with zero attached hydrogens (tertiary/aromatic N) is 3. The minimum Gasteiger partial charge on any atom is -0.373 e. The Hall–Kier alpha value is -1.33. The molecule has 0 aliphatic carbocycles. The Morgan fingerprint density at radius 2 is 2.14 bits per heavy atom. The van der Waals surface area contributed by atoms with E-state index in [1.165, 1.54) is 19.0 Å². The van der Waals surface area contributed by atoms with Gasteiger partial charge in [0.1, 0.15) is 5.82 Å². The minimum atomic E-state index is 0.0138. The summed E-state index contributed by atoms with van der Waals surface area (Å²) < 4.78 is 0. The van der Waals surface area contributed by atoms with Crippen LogP contribution in [0.4, 0.5) is 5.82 Å². The first-order valence-corrected chi connectivity index (χ1v) is 7.82. The van der Waals surface area contributed by atoms with Gasteiger partial charge in [0.2, 0.25) is 0 Å². The molecule has 114 valence electrons. The van der Waals surface area contributed by atoms with Gasteiger partial charge >= 0.3 is 0 Å². The number of aromatic nitrogens is 1. The first-order valence-electron chi connectivity index (χ1n) is 7.44. The van der Waals surface area contributed by atoms with E-state index in [0.29, 0.717) is 28.5 Å². The normalized spacial score (nSPS) is 25.8. The van der Waals surface area contributed by atoms with Crippen molar-refractivity contribution in [1.82, 2.24) is 14.8 Å². The highest BCUT2D eigenvalue weighted by atomic mass is 35.5. The third-order valence-corrected chi connectivity index (χ3v) is 5.08. The molecule has 2 unspecified atom stereocenters. The number of halogens is 1. The average Bonchev–Trinajstić information content (AvgIpc) is 2.72. The maximum atomic E-state index is 12.8. The summed E-state index contributed by atoms with van der Waals surface area (Å²) in [5, 5.41) is 3.37. The fourth-order valence-electron chi connectivity index (χ4n) is 3.40. The Bertz CT molecular complexity index is 550. The molecule has 1 aromatic heterocycles. The zero-order valence-corrected chi connectivity index (χ0v) is 13.2. The van der Waals surface area contributed by atoms with Gasteiger partial charge < -0.3 is 10.2 Å². The first-order chi connectivity index (χ1) is 10.1. The SMILES string of the molecule is CNc1cc(C(=O)N2CCC3CCC(C2)N3C)c(Cl)cn1. The van der Waals surface area contributed by atoms with Gasteiger partial charge in [0.15, 0.2) is 0 Å². The van der Waals surface area contributed by atoms with Crippen LogP contribution in [0.5, 0.6) is 0 Å². The molecule has 2 fully saturated rings. The topological polar surface area (TPSA) is 48.5 Å². The Labute approximate surface area is 130 Å². The molecule has 1 aromatic rings. The number of rotatable bonds is 2. The molecule has 2 bridgehead atoms. The number of hydrogen-bond acceptors (Lipinski definition) is 4. The van der Waals surface area contributed by atoms with Gasteiger partial charge in [-0.3, -0.25) is 9.69 Å². The molecule has 1 amide bonds. The van der Waals surface area contributed by atoms with Crippen molar-refractivity contribution in [3.8, 4) is 0 Å². The van der Waals surface area contributed by atoms with Crippen molar-refractivity contribution in [2.75, 3.05) is 32.5 Å². The summed E-state index contributed by atoms with van der Waals surface area (Å²) in [5.74, 6) is 0.677. The second-order valence-corrected chi connectivity index (χ2v) is 6.30. The van der Waals surface area contributed by atoms with Crippen LogP contribution in [-0.4, -0.2) is 60.0 Å². The van der Waals surface area contributed by atoms with Crippen LogP contribution in [0.2, 0.25) is 5.02 Å². The van der Waals surface area contributed by atoms with Crippen molar-refractivity contribution in [3.63, 3.8) is 0 Å². The summed E-state index contributed by atoms with van der Waals surface area (Å²) in [7, 11) is 3.96. The number of carbonyl (C=O) groups is 1. The number of carbonyl (C=O) groups excluding carboxylic acids is 1. The van der Waals surface area contributed by atoms with Crippen molar-refractivity contribution < 1.29 is 4.79 Å². The van der Waals surface area contributed by atoms with Crippen LogP contribution in [0.3, 0.4) is 0 Å². The number of amides is 1. The zero-order chi connectivity index (χ0) is 15.0. The number of nitrogens with one attached hydrogen (secondary N) is 1. The van der Waals surface area contributed by atoms with Crippen LogP contribution in [0.15, 0.2) is 12.3 Å². The van der Waals surface area contributed by atoms with Crippen LogP contribution in [-0.2, 0) is 0 Å². The second-order valence-electron chi connectivity index (χ2n) is 5.89. The fraction of sp³-hybridized carbons (Fsp3) is 0.600. The highest BCUT2D eigenvalue weighted by molar-refractivity contribution is 6.33. The lowest BCUT2D eigenvalue weighted by atomic mass is 10.1. The monoisotopic (exact) mass is 308 g/mol.